The number of nitrogens with zero attached hydrogens (tertiary/aromatic N) is 5. The van der Waals surface area contributed by atoms with Crippen LogP contribution in [-0.2, 0) is 17.6 Å². The number of amides is 3. The van der Waals surface area contributed by atoms with Gasteiger partial charge in [0.15, 0.2) is 0 Å². The summed E-state index contributed by atoms with van der Waals surface area (Å²) in [4.78, 5) is 40.6. The lowest BCUT2D eigenvalue weighted by Gasteiger charge is -2.37. The maximum atomic E-state index is 13.0. The third-order valence-electron chi connectivity index (χ3n) is 5.46. The second-order valence-electron chi connectivity index (χ2n) is 7.55. The molecule has 1 unspecified atom stereocenters. The van der Waals surface area contributed by atoms with E-state index in [0.29, 0.717) is 32.6 Å². The Morgan fingerprint density at radius 3 is 2.46 bits per heavy atom. The lowest BCUT2D eigenvalue weighted by molar-refractivity contribution is -0.137. The quantitative estimate of drug-likeness (QED) is 0.776. The molecule has 0 aromatic carbocycles. The van der Waals surface area contributed by atoms with Crippen LogP contribution in [0, 0.1) is 5.92 Å². The van der Waals surface area contributed by atoms with E-state index < -0.39 is 0 Å². The molecule has 1 fully saturated rings. The number of piperazine rings is 1. The van der Waals surface area contributed by atoms with E-state index in [4.69, 9.17) is 4.98 Å². The SMILES string of the molecule is CN(C)C(=O)N1CCN(C(=O)C2CCc3sc(-c4ccncc4)nc3C2)CC1. The van der Waals surface area contributed by atoms with E-state index in [1.807, 2.05) is 21.9 Å². The number of hydrogen-bond acceptors (Lipinski definition) is 5. The average molecular weight is 400 g/mol. The molecular formula is C20H25N5O2S. The molecule has 0 bridgehead atoms. The molecule has 3 amide bonds. The van der Waals surface area contributed by atoms with Crippen molar-refractivity contribution < 1.29 is 9.59 Å². The van der Waals surface area contributed by atoms with E-state index in [2.05, 4.69) is 4.98 Å². The topological polar surface area (TPSA) is 69.6 Å². The van der Waals surface area contributed by atoms with Crippen molar-refractivity contribution in [3.8, 4) is 10.6 Å². The van der Waals surface area contributed by atoms with E-state index in [0.717, 1.165) is 29.1 Å². The van der Waals surface area contributed by atoms with Crippen LogP contribution in [0.4, 0.5) is 4.79 Å². The molecule has 1 aliphatic heterocycles. The minimum absolute atomic E-state index is 0.00371. The van der Waals surface area contributed by atoms with Crippen LogP contribution in [0.1, 0.15) is 17.0 Å². The Labute approximate surface area is 169 Å². The predicted molar refractivity (Wildman–Crippen MR) is 108 cm³/mol. The van der Waals surface area contributed by atoms with Crippen LogP contribution < -0.4 is 0 Å². The second-order valence-corrected chi connectivity index (χ2v) is 8.64. The van der Waals surface area contributed by atoms with Gasteiger partial charge in [0.25, 0.3) is 0 Å². The van der Waals surface area contributed by atoms with Gasteiger partial charge in [0.2, 0.25) is 5.91 Å². The first-order valence-corrected chi connectivity index (χ1v) is 10.5. The van der Waals surface area contributed by atoms with Gasteiger partial charge in [0, 0.05) is 75.4 Å². The summed E-state index contributed by atoms with van der Waals surface area (Å²) in [5, 5.41) is 1.01. The number of carbonyl (C=O) groups is 2. The number of hydrogen-bond donors (Lipinski definition) is 0. The van der Waals surface area contributed by atoms with E-state index in [-0.39, 0.29) is 17.9 Å². The number of rotatable bonds is 2. The van der Waals surface area contributed by atoms with Gasteiger partial charge in [0.1, 0.15) is 5.01 Å². The summed E-state index contributed by atoms with van der Waals surface area (Å²) in [6.07, 6.45) is 6.06. The highest BCUT2D eigenvalue weighted by Crippen LogP contribution is 2.35. The Kier molecular flexibility index (Phi) is 5.30. The molecule has 1 atom stereocenters. The first kappa shape index (κ1) is 18.9. The first-order chi connectivity index (χ1) is 13.5. The van der Waals surface area contributed by atoms with Gasteiger partial charge in [-0.05, 0) is 25.0 Å². The molecule has 1 aliphatic carbocycles. The standard InChI is InChI=1S/C20H25N5O2S/c1-23(2)20(27)25-11-9-24(10-12-25)19(26)15-3-4-17-16(13-15)22-18(28-17)14-5-7-21-8-6-14/h5-8,15H,3-4,9-13H2,1-2H3. The Balaban J connectivity index is 1.39. The van der Waals surface area contributed by atoms with Crippen LogP contribution in [0.3, 0.4) is 0 Å². The number of urea groups is 1. The lowest BCUT2D eigenvalue weighted by Crippen LogP contribution is -2.54. The van der Waals surface area contributed by atoms with Crippen LogP contribution >= 0.6 is 11.3 Å². The van der Waals surface area contributed by atoms with Gasteiger partial charge in [-0.2, -0.15) is 0 Å². The fraction of sp³-hybridized carbons (Fsp3) is 0.500. The normalized spacial score (nSPS) is 19.3. The van der Waals surface area contributed by atoms with E-state index in [9.17, 15) is 9.59 Å². The summed E-state index contributed by atoms with van der Waals surface area (Å²) in [7, 11) is 3.51. The summed E-state index contributed by atoms with van der Waals surface area (Å²) < 4.78 is 0. The van der Waals surface area contributed by atoms with Crippen molar-refractivity contribution in [1.29, 1.82) is 0 Å². The zero-order valence-corrected chi connectivity index (χ0v) is 17.1. The summed E-state index contributed by atoms with van der Waals surface area (Å²) in [5.74, 6) is 0.206. The molecule has 0 spiro atoms. The molecule has 0 radical (unpaired) electrons. The largest absolute Gasteiger partial charge is 0.339 e. The molecule has 2 aromatic rings. The third-order valence-corrected chi connectivity index (χ3v) is 6.67. The first-order valence-electron chi connectivity index (χ1n) is 9.67. The predicted octanol–water partition coefficient (Wildman–Crippen LogP) is 2.14. The minimum atomic E-state index is -0.00371. The molecule has 8 heteroatoms. The zero-order chi connectivity index (χ0) is 19.7. The number of carbonyl (C=O) groups excluding carboxylic acids is 2. The van der Waals surface area contributed by atoms with E-state index >= 15 is 0 Å². The summed E-state index contributed by atoms with van der Waals surface area (Å²) in [5.41, 5.74) is 2.15. The van der Waals surface area contributed by atoms with Crippen molar-refractivity contribution in [3.63, 3.8) is 0 Å². The molecule has 3 heterocycles. The highest BCUT2D eigenvalue weighted by atomic mass is 32.1. The Bertz CT molecular complexity index is 859. The number of aromatic nitrogens is 2. The fourth-order valence-electron chi connectivity index (χ4n) is 3.87. The van der Waals surface area contributed by atoms with Gasteiger partial charge in [0.05, 0.1) is 5.69 Å². The minimum Gasteiger partial charge on any atom is -0.339 e. The molecule has 7 nitrogen and oxygen atoms in total. The zero-order valence-electron chi connectivity index (χ0n) is 16.3. The Morgan fingerprint density at radius 1 is 1.11 bits per heavy atom. The van der Waals surface area contributed by atoms with Crippen molar-refractivity contribution in [2.75, 3.05) is 40.3 Å². The molecule has 2 aliphatic rings. The van der Waals surface area contributed by atoms with Gasteiger partial charge in [-0.25, -0.2) is 9.78 Å². The molecule has 148 valence electrons. The van der Waals surface area contributed by atoms with E-state index in [1.54, 1.807) is 42.7 Å². The molecule has 1 saturated heterocycles. The Morgan fingerprint density at radius 2 is 1.79 bits per heavy atom. The molecule has 0 saturated carbocycles. The van der Waals surface area contributed by atoms with Crippen LogP contribution in [0.15, 0.2) is 24.5 Å². The summed E-state index contributed by atoms with van der Waals surface area (Å²) in [6, 6.07) is 3.96. The van der Waals surface area contributed by atoms with Crippen molar-refractivity contribution in [1.82, 2.24) is 24.7 Å². The number of aryl methyl sites for hydroxylation is 1. The second kappa shape index (κ2) is 7.87. The third kappa shape index (κ3) is 3.73. The van der Waals surface area contributed by atoms with Gasteiger partial charge >= 0.3 is 6.03 Å². The number of pyridine rings is 1. The van der Waals surface area contributed by atoms with Gasteiger partial charge in [-0.15, -0.1) is 11.3 Å². The summed E-state index contributed by atoms with van der Waals surface area (Å²) >= 11 is 1.73. The monoisotopic (exact) mass is 399 g/mol. The Hall–Kier alpha value is -2.48. The smallest absolute Gasteiger partial charge is 0.319 e. The number of thiazole rings is 1. The van der Waals surface area contributed by atoms with Crippen molar-refractivity contribution in [2.24, 2.45) is 5.92 Å². The van der Waals surface area contributed by atoms with Crippen LogP contribution in [0.25, 0.3) is 10.6 Å². The maximum absolute atomic E-state index is 13.0. The molecule has 28 heavy (non-hydrogen) atoms. The fourth-order valence-corrected chi connectivity index (χ4v) is 4.98. The molecule has 2 aromatic heterocycles. The lowest BCUT2D eigenvalue weighted by atomic mass is 9.89. The van der Waals surface area contributed by atoms with Crippen molar-refractivity contribution in [2.45, 2.75) is 19.3 Å². The maximum Gasteiger partial charge on any atom is 0.319 e. The highest BCUT2D eigenvalue weighted by molar-refractivity contribution is 7.15. The molecule has 4 rings (SSSR count). The summed E-state index contributed by atoms with van der Waals surface area (Å²) in [6.45, 7) is 2.43. The van der Waals surface area contributed by atoms with Crippen LogP contribution in [-0.4, -0.2) is 76.9 Å². The number of fused-ring (bicyclic) bond motifs is 1. The van der Waals surface area contributed by atoms with E-state index in [1.165, 1.54) is 4.88 Å². The highest BCUT2D eigenvalue weighted by Gasteiger charge is 2.33. The van der Waals surface area contributed by atoms with Gasteiger partial charge in [-0.3, -0.25) is 9.78 Å². The van der Waals surface area contributed by atoms with Crippen molar-refractivity contribution >= 4 is 23.3 Å². The van der Waals surface area contributed by atoms with Gasteiger partial charge in [-0.1, -0.05) is 0 Å². The molecular weight excluding hydrogens is 374 g/mol. The van der Waals surface area contributed by atoms with Crippen molar-refractivity contribution in [3.05, 3.63) is 35.1 Å². The molecule has 0 N–H and O–H groups in total. The van der Waals surface area contributed by atoms with Crippen LogP contribution in [0.2, 0.25) is 0 Å². The van der Waals surface area contributed by atoms with Crippen LogP contribution in [0.5, 0.6) is 0 Å². The van der Waals surface area contributed by atoms with Gasteiger partial charge < -0.3 is 14.7 Å². The average Bonchev–Trinajstić information content (AvgIpc) is 3.17.